The second-order valence-corrected chi connectivity index (χ2v) is 5.52. The molecule has 4 heteroatoms. The van der Waals surface area contributed by atoms with E-state index in [9.17, 15) is 4.79 Å². The molecule has 2 rings (SSSR count). The fourth-order valence-electron chi connectivity index (χ4n) is 2.30. The zero-order chi connectivity index (χ0) is 15.4. The van der Waals surface area contributed by atoms with Crippen LogP contribution in [0.3, 0.4) is 0 Å². The number of aryl methyl sites for hydroxylation is 2. The average Bonchev–Trinajstić information content (AvgIpc) is 2.37. The van der Waals surface area contributed by atoms with E-state index in [0.717, 1.165) is 22.3 Å². The van der Waals surface area contributed by atoms with E-state index in [1.54, 1.807) is 0 Å². The highest BCUT2D eigenvalue weighted by Crippen LogP contribution is 2.19. The Morgan fingerprint density at radius 2 is 1.90 bits per heavy atom. The largest absolute Gasteiger partial charge is 0.389 e. The molecular weight excluding hydrogens is 280 g/mol. The van der Waals surface area contributed by atoms with E-state index in [1.165, 1.54) is 0 Å². The average molecular weight is 298 g/mol. The van der Waals surface area contributed by atoms with Crippen molar-refractivity contribution in [3.8, 4) is 0 Å². The molecule has 0 unspecified atom stereocenters. The minimum atomic E-state index is -0.0799. The molecule has 0 bridgehead atoms. The van der Waals surface area contributed by atoms with Gasteiger partial charge < -0.3 is 11.1 Å². The Balaban J connectivity index is 2.17. The van der Waals surface area contributed by atoms with Gasteiger partial charge in [-0.05, 0) is 31.0 Å². The van der Waals surface area contributed by atoms with E-state index >= 15 is 0 Å². The van der Waals surface area contributed by atoms with Crippen molar-refractivity contribution < 1.29 is 4.79 Å². The molecule has 0 aliphatic heterocycles. The summed E-state index contributed by atoms with van der Waals surface area (Å²) in [5.74, 6) is -0.0799. The van der Waals surface area contributed by atoms with Gasteiger partial charge in [0.05, 0.1) is 12.1 Å². The Morgan fingerprint density at radius 1 is 1.19 bits per heavy atom. The van der Waals surface area contributed by atoms with Crippen LogP contribution in [0.2, 0.25) is 0 Å². The van der Waals surface area contributed by atoms with Gasteiger partial charge >= 0.3 is 0 Å². The summed E-state index contributed by atoms with van der Waals surface area (Å²) in [5.41, 5.74) is 10.2. The Hall–Kier alpha value is -2.20. The minimum Gasteiger partial charge on any atom is -0.389 e. The van der Waals surface area contributed by atoms with Crippen molar-refractivity contribution in [3.05, 3.63) is 64.7 Å². The third-order valence-electron chi connectivity index (χ3n) is 3.24. The van der Waals surface area contributed by atoms with Crippen molar-refractivity contribution >= 4 is 28.8 Å². The number of carbonyl (C=O) groups excluding carboxylic acids is 1. The van der Waals surface area contributed by atoms with Gasteiger partial charge in [0.15, 0.2) is 0 Å². The first-order chi connectivity index (χ1) is 9.97. The fourth-order valence-corrected chi connectivity index (χ4v) is 2.57. The molecule has 2 aromatic carbocycles. The Bertz CT molecular complexity index is 695. The zero-order valence-corrected chi connectivity index (χ0v) is 13.0. The van der Waals surface area contributed by atoms with Gasteiger partial charge in [0.2, 0.25) is 5.91 Å². The molecule has 0 aliphatic carbocycles. The predicted octanol–water partition coefficient (Wildman–Crippen LogP) is 3.12. The highest BCUT2D eigenvalue weighted by atomic mass is 32.1. The number of thiocarbonyl (C=S) groups is 1. The van der Waals surface area contributed by atoms with Gasteiger partial charge in [-0.3, -0.25) is 4.79 Å². The molecule has 0 atom stereocenters. The lowest BCUT2D eigenvalue weighted by Gasteiger charge is -2.12. The number of anilines is 1. The molecule has 1 amide bonds. The number of hydrogen-bond donors (Lipinski definition) is 2. The quantitative estimate of drug-likeness (QED) is 0.853. The molecule has 21 heavy (non-hydrogen) atoms. The van der Waals surface area contributed by atoms with Crippen LogP contribution in [0.5, 0.6) is 0 Å². The summed E-state index contributed by atoms with van der Waals surface area (Å²) in [6, 6.07) is 13.5. The van der Waals surface area contributed by atoms with E-state index in [1.807, 2.05) is 56.3 Å². The predicted molar refractivity (Wildman–Crippen MR) is 90.6 cm³/mol. The van der Waals surface area contributed by atoms with Gasteiger partial charge in [-0.15, -0.1) is 0 Å². The van der Waals surface area contributed by atoms with E-state index in [2.05, 4.69) is 5.32 Å². The van der Waals surface area contributed by atoms with Crippen LogP contribution in [-0.2, 0) is 11.2 Å². The van der Waals surface area contributed by atoms with E-state index in [-0.39, 0.29) is 5.91 Å². The van der Waals surface area contributed by atoms with Gasteiger partial charge in [-0.2, -0.15) is 0 Å². The molecule has 0 spiro atoms. The normalized spacial score (nSPS) is 10.2. The van der Waals surface area contributed by atoms with Crippen molar-refractivity contribution in [1.82, 2.24) is 0 Å². The number of hydrogen-bond acceptors (Lipinski definition) is 2. The van der Waals surface area contributed by atoms with Crippen molar-refractivity contribution in [3.63, 3.8) is 0 Å². The third kappa shape index (κ3) is 3.89. The molecule has 0 fully saturated rings. The highest BCUT2D eigenvalue weighted by Gasteiger charge is 2.11. The first-order valence-corrected chi connectivity index (χ1v) is 7.13. The maximum absolute atomic E-state index is 12.2. The first kappa shape index (κ1) is 15.2. The molecule has 3 N–H and O–H groups in total. The first-order valence-electron chi connectivity index (χ1n) is 6.72. The second-order valence-electron chi connectivity index (χ2n) is 5.08. The number of rotatable bonds is 4. The molecule has 3 nitrogen and oxygen atoms in total. The molecule has 108 valence electrons. The number of carbonyl (C=O) groups is 1. The van der Waals surface area contributed by atoms with Gasteiger partial charge in [0, 0.05) is 5.56 Å². The summed E-state index contributed by atoms with van der Waals surface area (Å²) in [5, 5.41) is 2.89. The van der Waals surface area contributed by atoms with Gasteiger partial charge in [0.1, 0.15) is 4.99 Å². The van der Waals surface area contributed by atoms with E-state index in [4.69, 9.17) is 18.0 Å². The SMILES string of the molecule is Cc1cccc(CC(=O)Nc2cccc(C)c2C(N)=S)c1. The van der Waals surface area contributed by atoms with Crippen molar-refractivity contribution in [2.75, 3.05) is 5.32 Å². The van der Waals surface area contributed by atoms with Crippen LogP contribution < -0.4 is 11.1 Å². The molecule has 0 saturated heterocycles. The topological polar surface area (TPSA) is 55.1 Å². The summed E-state index contributed by atoms with van der Waals surface area (Å²) in [6.07, 6.45) is 0.326. The van der Waals surface area contributed by atoms with Crippen molar-refractivity contribution in [2.24, 2.45) is 5.73 Å². The van der Waals surface area contributed by atoms with E-state index in [0.29, 0.717) is 17.1 Å². The second kappa shape index (κ2) is 6.50. The van der Waals surface area contributed by atoms with Crippen LogP contribution in [0.25, 0.3) is 0 Å². The lowest BCUT2D eigenvalue weighted by Crippen LogP contribution is -2.19. The molecule has 0 saturated carbocycles. The smallest absolute Gasteiger partial charge is 0.228 e. The third-order valence-corrected chi connectivity index (χ3v) is 3.44. The van der Waals surface area contributed by atoms with Crippen LogP contribution in [0.1, 0.15) is 22.3 Å². The zero-order valence-electron chi connectivity index (χ0n) is 12.1. The molecule has 0 aromatic heterocycles. The van der Waals surface area contributed by atoms with Gasteiger partial charge in [-0.1, -0.05) is 54.2 Å². The van der Waals surface area contributed by atoms with Gasteiger partial charge in [-0.25, -0.2) is 0 Å². The van der Waals surface area contributed by atoms with Crippen molar-refractivity contribution in [2.45, 2.75) is 20.3 Å². The minimum absolute atomic E-state index is 0.0799. The Kier molecular flexibility index (Phi) is 4.70. The lowest BCUT2D eigenvalue weighted by molar-refractivity contribution is -0.115. The Labute approximate surface area is 130 Å². The maximum Gasteiger partial charge on any atom is 0.228 e. The molecule has 0 aliphatic rings. The van der Waals surface area contributed by atoms with Crippen LogP contribution >= 0.6 is 12.2 Å². The number of amides is 1. The van der Waals surface area contributed by atoms with Crippen LogP contribution in [0.15, 0.2) is 42.5 Å². The molecule has 2 aromatic rings. The van der Waals surface area contributed by atoms with Crippen LogP contribution in [-0.4, -0.2) is 10.9 Å². The molecule has 0 radical (unpaired) electrons. The maximum atomic E-state index is 12.2. The fraction of sp³-hybridized carbons (Fsp3) is 0.176. The standard InChI is InChI=1S/C17H18N2OS/c1-11-5-3-7-13(9-11)10-15(20)19-14-8-4-6-12(2)16(14)17(18)21/h3-9H,10H2,1-2H3,(H2,18,21)(H,19,20). The molecular formula is C17H18N2OS. The monoisotopic (exact) mass is 298 g/mol. The number of benzene rings is 2. The molecule has 0 heterocycles. The van der Waals surface area contributed by atoms with Crippen LogP contribution in [0.4, 0.5) is 5.69 Å². The van der Waals surface area contributed by atoms with Gasteiger partial charge in [0.25, 0.3) is 0 Å². The highest BCUT2D eigenvalue weighted by molar-refractivity contribution is 7.80. The summed E-state index contributed by atoms with van der Waals surface area (Å²) in [4.78, 5) is 12.5. The van der Waals surface area contributed by atoms with Crippen molar-refractivity contribution in [1.29, 1.82) is 0 Å². The number of nitrogens with one attached hydrogen (secondary N) is 1. The summed E-state index contributed by atoms with van der Waals surface area (Å²) >= 11 is 5.06. The lowest BCUT2D eigenvalue weighted by atomic mass is 10.1. The number of nitrogens with two attached hydrogens (primary N) is 1. The summed E-state index contributed by atoms with van der Waals surface area (Å²) in [7, 11) is 0. The Morgan fingerprint density at radius 3 is 2.57 bits per heavy atom. The summed E-state index contributed by atoms with van der Waals surface area (Å²) in [6.45, 7) is 3.93. The summed E-state index contributed by atoms with van der Waals surface area (Å²) < 4.78 is 0. The van der Waals surface area contributed by atoms with E-state index < -0.39 is 0 Å². The van der Waals surface area contributed by atoms with Crippen LogP contribution in [0, 0.1) is 13.8 Å².